The molecule has 0 unspecified atom stereocenters. The lowest BCUT2D eigenvalue weighted by Crippen LogP contribution is -2.45. The summed E-state index contributed by atoms with van der Waals surface area (Å²) in [5, 5.41) is 4.33. The molecule has 104 valence electrons. The number of rotatable bonds is 1. The molecule has 2 bridgehead atoms. The van der Waals surface area contributed by atoms with Gasteiger partial charge in [-0.05, 0) is 37.5 Å². The van der Waals surface area contributed by atoms with Crippen molar-refractivity contribution in [1.29, 1.82) is 0 Å². The van der Waals surface area contributed by atoms with Crippen molar-refractivity contribution in [1.82, 2.24) is 15.3 Å². The molecular formula is C15H17FN4. The second kappa shape index (κ2) is 4.66. The number of hydrogen-bond acceptors (Lipinski definition) is 4. The number of hydrogen-bond donors (Lipinski definition) is 1. The summed E-state index contributed by atoms with van der Waals surface area (Å²) in [6, 6.07) is 5.78. The van der Waals surface area contributed by atoms with E-state index in [0.29, 0.717) is 12.1 Å². The Morgan fingerprint density at radius 2 is 2.20 bits per heavy atom. The van der Waals surface area contributed by atoms with Crippen molar-refractivity contribution in [2.45, 2.75) is 31.3 Å². The van der Waals surface area contributed by atoms with E-state index in [9.17, 15) is 4.39 Å². The van der Waals surface area contributed by atoms with E-state index in [4.69, 9.17) is 0 Å². The summed E-state index contributed by atoms with van der Waals surface area (Å²) >= 11 is 0. The summed E-state index contributed by atoms with van der Waals surface area (Å²) < 4.78 is 13.2. The van der Waals surface area contributed by atoms with Gasteiger partial charge in [-0.1, -0.05) is 0 Å². The smallest absolute Gasteiger partial charge is 0.226 e. The average molecular weight is 272 g/mol. The summed E-state index contributed by atoms with van der Waals surface area (Å²) in [4.78, 5) is 11.4. The molecular weight excluding hydrogens is 255 g/mol. The highest BCUT2D eigenvalue weighted by atomic mass is 19.1. The molecule has 5 rings (SSSR count). The van der Waals surface area contributed by atoms with E-state index < -0.39 is 0 Å². The SMILES string of the molecule is Fc1ccc2nc(N3CC[C@H]4CC[C@@H]3CN4)ncc2c1. The van der Waals surface area contributed by atoms with Crippen LogP contribution in [0.3, 0.4) is 0 Å². The Balaban J connectivity index is 1.72. The molecule has 3 aliphatic heterocycles. The molecule has 4 nitrogen and oxygen atoms in total. The van der Waals surface area contributed by atoms with E-state index in [1.165, 1.54) is 25.0 Å². The minimum atomic E-state index is -0.244. The fourth-order valence-electron chi connectivity index (χ4n) is 3.29. The van der Waals surface area contributed by atoms with Crippen molar-refractivity contribution in [2.75, 3.05) is 18.0 Å². The third-order valence-electron chi connectivity index (χ3n) is 4.44. The number of nitrogens with one attached hydrogen (secondary N) is 1. The van der Waals surface area contributed by atoms with Gasteiger partial charge < -0.3 is 10.2 Å². The van der Waals surface area contributed by atoms with Crippen LogP contribution < -0.4 is 10.2 Å². The Kier molecular flexibility index (Phi) is 2.80. The quantitative estimate of drug-likeness (QED) is 0.863. The Morgan fingerprint density at radius 1 is 1.25 bits per heavy atom. The number of nitrogens with zero attached hydrogens (tertiary/aromatic N) is 3. The molecule has 20 heavy (non-hydrogen) atoms. The van der Waals surface area contributed by atoms with Crippen LogP contribution in [-0.2, 0) is 0 Å². The molecule has 0 radical (unpaired) electrons. The second-order valence-electron chi connectivity index (χ2n) is 5.69. The fourth-order valence-corrected chi connectivity index (χ4v) is 3.29. The van der Waals surface area contributed by atoms with Gasteiger partial charge in [0.15, 0.2) is 0 Å². The fraction of sp³-hybridized carbons (Fsp3) is 0.467. The number of fused-ring (bicyclic) bond motifs is 5. The standard InChI is InChI=1S/C15H17FN4/c16-11-1-4-14-10(7-11)8-18-15(19-14)20-6-5-12-2-3-13(20)9-17-12/h1,4,7-8,12-13,17H,2-3,5-6,9H2/t12-,13-/m1/s1. The number of benzene rings is 1. The highest BCUT2D eigenvalue weighted by molar-refractivity contribution is 5.78. The van der Waals surface area contributed by atoms with Crippen LogP contribution in [0.1, 0.15) is 19.3 Å². The minimum absolute atomic E-state index is 0.244. The van der Waals surface area contributed by atoms with E-state index >= 15 is 0 Å². The van der Waals surface area contributed by atoms with Crippen LogP contribution in [0.15, 0.2) is 24.4 Å². The van der Waals surface area contributed by atoms with Gasteiger partial charge in [0.2, 0.25) is 5.95 Å². The average Bonchev–Trinajstić information content (AvgIpc) is 2.80. The van der Waals surface area contributed by atoms with Crippen molar-refractivity contribution in [2.24, 2.45) is 0 Å². The van der Waals surface area contributed by atoms with Crippen LogP contribution in [0.4, 0.5) is 10.3 Å². The molecule has 2 aromatic rings. The van der Waals surface area contributed by atoms with Gasteiger partial charge in [-0.15, -0.1) is 0 Å². The van der Waals surface area contributed by atoms with E-state index in [1.54, 1.807) is 12.3 Å². The van der Waals surface area contributed by atoms with Crippen molar-refractivity contribution in [3.05, 3.63) is 30.2 Å². The van der Waals surface area contributed by atoms with E-state index in [-0.39, 0.29) is 5.82 Å². The van der Waals surface area contributed by atoms with Crippen LogP contribution >= 0.6 is 0 Å². The van der Waals surface area contributed by atoms with E-state index in [1.807, 2.05) is 0 Å². The molecule has 0 saturated carbocycles. The minimum Gasteiger partial charge on any atom is -0.336 e. The Bertz CT molecular complexity index is 637. The van der Waals surface area contributed by atoms with Crippen molar-refractivity contribution in [3.63, 3.8) is 0 Å². The van der Waals surface area contributed by atoms with Gasteiger partial charge in [-0.2, -0.15) is 0 Å². The molecule has 0 amide bonds. The van der Waals surface area contributed by atoms with Crippen LogP contribution in [0, 0.1) is 5.82 Å². The molecule has 1 aromatic heterocycles. The van der Waals surface area contributed by atoms with Gasteiger partial charge >= 0.3 is 0 Å². The first-order chi connectivity index (χ1) is 9.79. The molecule has 3 aliphatic rings. The third kappa shape index (κ3) is 2.02. The van der Waals surface area contributed by atoms with E-state index in [0.717, 1.165) is 36.4 Å². The maximum absolute atomic E-state index is 13.2. The first kappa shape index (κ1) is 12.0. The van der Waals surface area contributed by atoms with Gasteiger partial charge in [-0.25, -0.2) is 14.4 Å². The summed E-state index contributed by atoms with van der Waals surface area (Å²) in [5.41, 5.74) is 0.808. The predicted octanol–water partition coefficient (Wildman–Crippen LogP) is 2.10. The molecule has 5 heteroatoms. The summed E-state index contributed by atoms with van der Waals surface area (Å²) in [5.74, 6) is 0.532. The monoisotopic (exact) mass is 272 g/mol. The van der Waals surface area contributed by atoms with Crippen LogP contribution in [-0.4, -0.2) is 35.1 Å². The zero-order chi connectivity index (χ0) is 13.5. The van der Waals surface area contributed by atoms with Crippen molar-refractivity contribution >= 4 is 16.9 Å². The largest absolute Gasteiger partial charge is 0.336 e. The van der Waals surface area contributed by atoms with Gasteiger partial charge in [0.1, 0.15) is 5.82 Å². The summed E-state index contributed by atoms with van der Waals surface area (Å²) in [7, 11) is 0. The number of anilines is 1. The second-order valence-corrected chi connectivity index (χ2v) is 5.69. The molecule has 1 N–H and O–H groups in total. The summed E-state index contributed by atoms with van der Waals surface area (Å²) in [6.07, 6.45) is 5.30. The molecule has 2 atom stereocenters. The number of aromatic nitrogens is 2. The lowest BCUT2D eigenvalue weighted by molar-refractivity contribution is 0.391. The maximum atomic E-state index is 13.2. The zero-order valence-electron chi connectivity index (χ0n) is 11.2. The molecule has 4 heterocycles. The van der Waals surface area contributed by atoms with Gasteiger partial charge in [-0.3, -0.25) is 0 Å². The Labute approximate surface area is 117 Å². The Hall–Kier alpha value is -1.75. The molecule has 3 fully saturated rings. The number of piperidine rings is 1. The highest BCUT2D eigenvalue weighted by Crippen LogP contribution is 2.26. The van der Waals surface area contributed by atoms with Gasteiger partial charge in [0.05, 0.1) is 5.52 Å². The summed E-state index contributed by atoms with van der Waals surface area (Å²) in [6.45, 7) is 2.00. The first-order valence-electron chi connectivity index (χ1n) is 7.22. The van der Waals surface area contributed by atoms with Crippen LogP contribution in [0.5, 0.6) is 0 Å². The van der Waals surface area contributed by atoms with Crippen LogP contribution in [0.25, 0.3) is 10.9 Å². The third-order valence-corrected chi connectivity index (χ3v) is 4.44. The lowest BCUT2D eigenvalue weighted by atomic mass is 10.0. The molecule has 3 saturated heterocycles. The highest BCUT2D eigenvalue weighted by Gasteiger charge is 2.31. The Morgan fingerprint density at radius 3 is 3.05 bits per heavy atom. The lowest BCUT2D eigenvalue weighted by Gasteiger charge is -2.31. The zero-order valence-corrected chi connectivity index (χ0v) is 11.2. The van der Waals surface area contributed by atoms with Crippen molar-refractivity contribution < 1.29 is 4.39 Å². The van der Waals surface area contributed by atoms with Crippen LogP contribution in [0.2, 0.25) is 0 Å². The van der Waals surface area contributed by atoms with Crippen molar-refractivity contribution in [3.8, 4) is 0 Å². The van der Waals surface area contributed by atoms with Gasteiger partial charge in [0, 0.05) is 36.8 Å². The number of halogens is 1. The van der Waals surface area contributed by atoms with E-state index in [2.05, 4.69) is 20.2 Å². The molecule has 1 aromatic carbocycles. The van der Waals surface area contributed by atoms with Gasteiger partial charge in [0.25, 0.3) is 0 Å². The molecule has 0 aliphatic carbocycles. The maximum Gasteiger partial charge on any atom is 0.226 e. The predicted molar refractivity (Wildman–Crippen MR) is 76.3 cm³/mol. The normalized spacial score (nSPS) is 25.9. The first-order valence-corrected chi connectivity index (χ1v) is 7.22. The molecule has 0 spiro atoms. The topological polar surface area (TPSA) is 41.1 Å².